The van der Waals surface area contributed by atoms with Crippen LogP contribution in [-0.2, 0) is 10.0 Å². The third kappa shape index (κ3) is 3.33. The lowest BCUT2D eigenvalue weighted by atomic mass is 10.2. The summed E-state index contributed by atoms with van der Waals surface area (Å²) in [4.78, 5) is 6.66. The normalized spacial score (nSPS) is 20.3. The number of rotatable bonds is 6. The first-order valence-corrected chi connectivity index (χ1v) is 7.84. The van der Waals surface area contributed by atoms with E-state index in [1.165, 1.54) is 10.5 Å². The lowest BCUT2D eigenvalue weighted by Gasteiger charge is -2.23. The summed E-state index contributed by atoms with van der Waals surface area (Å²) in [6.07, 6.45) is 3.33. The van der Waals surface area contributed by atoms with E-state index < -0.39 is 10.0 Å². The predicted molar refractivity (Wildman–Crippen MR) is 70.2 cm³/mol. The molecule has 0 radical (unpaired) electrons. The van der Waals surface area contributed by atoms with Crippen molar-refractivity contribution >= 4 is 10.0 Å². The summed E-state index contributed by atoms with van der Waals surface area (Å²) >= 11 is 0. The average molecular weight is 288 g/mol. The van der Waals surface area contributed by atoms with E-state index in [4.69, 9.17) is 5.11 Å². The van der Waals surface area contributed by atoms with Gasteiger partial charge in [-0.1, -0.05) is 0 Å². The summed E-state index contributed by atoms with van der Waals surface area (Å²) < 4.78 is 26.2. The molecule has 1 fully saturated rings. The minimum Gasteiger partial charge on any atom is -0.395 e. The van der Waals surface area contributed by atoms with Gasteiger partial charge in [-0.2, -0.15) is 4.31 Å². The van der Waals surface area contributed by atoms with Gasteiger partial charge in [-0.3, -0.25) is 0 Å². The van der Waals surface area contributed by atoms with Crippen LogP contribution in [0.15, 0.2) is 11.2 Å². The van der Waals surface area contributed by atoms with E-state index in [9.17, 15) is 8.42 Å². The van der Waals surface area contributed by atoms with Crippen molar-refractivity contribution in [3.63, 3.8) is 0 Å². The van der Waals surface area contributed by atoms with Crippen molar-refractivity contribution in [1.82, 2.24) is 19.6 Å². The molecule has 1 aromatic heterocycles. The molecule has 0 amide bonds. The first kappa shape index (κ1) is 14.4. The molecule has 1 aromatic rings. The van der Waals surface area contributed by atoms with Crippen LogP contribution in [0.25, 0.3) is 0 Å². The molecular formula is C11H20N4O3S. The number of sulfonamides is 1. The Morgan fingerprint density at radius 1 is 1.58 bits per heavy atom. The number of hydrogen-bond acceptors (Lipinski definition) is 5. The Bertz CT molecular complexity index is 508. The molecule has 7 nitrogen and oxygen atoms in total. The van der Waals surface area contributed by atoms with E-state index >= 15 is 0 Å². The Labute approximate surface area is 113 Å². The van der Waals surface area contributed by atoms with E-state index in [1.54, 1.807) is 6.92 Å². The maximum absolute atomic E-state index is 12.4. The van der Waals surface area contributed by atoms with Crippen molar-refractivity contribution in [3.05, 3.63) is 12.0 Å². The first-order chi connectivity index (χ1) is 9.04. The van der Waals surface area contributed by atoms with E-state index in [0.717, 1.165) is 19.4 Å². The lowest BCUT2D eigenvalue weighted by molar-refractivity contribution is 0.246. The number of aliphatic hydroxyl groups excluding tert-OH is 1. The summed E-state index contributed by atoms with van der Waals surface area (Å²) in [6.45, 7) is 2.90. The summed E-state index contributed by atoms with van der Waals surface area (Å²) in [6, 6.07) is 0.158. The Hall–Kier alpha value is -0.960. The van der Waals surface area contributed by atoms with Gasteiger partial charge >= 0.3 is 0 Å². The Morgan fingerprint density at radius 2 is 2.37 bits per heavy atom. The monoisotopic (exact) mass is 288 g/mol. The summed E-state index contributed by atoms with van der Waals surface area (Å²) in [5, 5.41) is 12.4. The van der Waals surface area contributed by atoms with E-state index in [1.807, 2.05) is 0 Å². The van der Waals surface area contributed by atoms with Crippen LogP contribution in [0.1, 0.15) is 18.7 Å². The number of hydrogen-bond donors (Lipinski definition) is 3. The van der Waals surface area contributed by atoms with Crippen molar-refractivity contribution < 1.29 is 13.5 Å². The van der Waals surface area contributed by atoms with Gasteiger partial charge in [0, 0.05) is 19.1 Å². The molecule has 0 spiro atoms. The molecule has 2 heterocycles. The highest BCUT2D eigenvalue weighted by molar-refractivity contribution is 7.89. The number of nitrogens with zero attached hydrogens (tertiary/aromatic N) is 2. The van der Waals surface area contributed by atoms with Crippen molar-refractivity contribution in [2.75, 3.05) is 26.2 Å². The average Bonchev–Trinajstić information content (AvgIpc) is 3.00. The zero-order chi connectivity index (χ0) is 13.9. The molecule has 108 valence electrons. The molecule has 0 aliphatic carbocycles. The quantitative estimate of drug-likeness (QED) is 0.652. The second-order valence-corrected chi connectivity index (χ2v) is 6.62. The molecule has 0 saturated carbocycles. The summed E-state index contributed by atoms with van der Waals surface area (Å²) in [5.41, 5.74) is 0. The van der Waals surface area contributed by atoms with Gasteiger partial charge < -0.3 is 15.4 Å². The highest BCUT2D eigenvalue weighted by Gasteiger charge is 2.29. The fraction of sp³-hybridized carbons (Fsp3) is 0.727. The van der Waals surface area contributed by atoms with Crippen LogP contribution in [0.5, 0.6) is 0 Å². The number of aliphatic hydroxyl groups is 1. The number of imidazole rings is 1. The third-order valence-electron chi connectivity index (χ3n) is 3.23. The largest absolute Gasteiger partial charge is 0.395 e. The zero-order valence-electron chi connectivity index (χ0n) is 11.0. The van der Waals surface area contributed by atoms with Crippen LogP contribution < -0.4 is 5.32 Å². The highest BCUT2D eigenvalue weighted by Crippen LogP contribution is 2.16. The molecule has 1 unspecified atom stereocenters. The van der Waals surface area contributed by atoms with Crippen LogP contribution in [0, 0.1) is 6.92 Å². The molecule has 1 aliphatic heterocycles. The molecule has 0 aromatic carbocycles. The molecule has 1 saturated heterocycles. The molecule has 1 aliphatic rings. The highest BCUT2D eigenvalue weighted by atomic mass is 32.2. The minimum atomic E-state index is -3.61. The van der Waals surface area contributed by atoms with Gasteiger partial charge in [0.1, 0.15) is 5.82 Å². The van der Waals surface area contributed by atoms with Crippen LogP contribution in [-0.4, -0.2) is 60.1 Å². The molecule has 3 N–H and O–H groups in total. The van der Waals surface area contributed by atoms with E-state index in [0.29, 0.717) is 12.4 Å². The Morgan fingerprint density at radius 3 is 2.89 bits per heavy atom. The maximum Gasteiger partial charge on any atom is 0.260 e. The maximum atomic E-state index is 12.4. The predicted octanol–water partition coefficient (Wildman–Crippen LogP) is -0.547. The summed E-state index contributed by atoms with van der Waals surface area (Å²) in [7, 11) is -3.61. The van der Waals surface area contributed by atoms with Crippen molar-refractivity contribution in [2.45, 2.75) is 30.8 Å². The van der Waals surface area contributed by atoms with Crippen molar-refractivity contribution in [1.29, 1.82) is 0 Å². The molecular weight excluding hydrogens is 268 g/mol. The van der Waals surface area contributed by atoms with E-state index in [2.05, 4.69) is 15.3 Å². The third-order valence-corrected chi connectivity index (χ3v) is 5.01. The zero-order valence-corrected chi connectivity index (χ0v) is 11.8. The summed E-state index contributed by atoms with van der Waals surface area (Å²) in [5.74, 6) is 0.557. The van der Waals surface area contributed by atoms with Gasteiger partial charge in [-0.25, -0.2) is 13.4 Å². The molecule has 19 heavy (non-hydrogen) atoms. The second-order valence-electron chi connectivity index (χ2n) is 4.71. The fourth-order valence-electron chi connectivity index (χ4n) is 2.25. The van der Waals surface area contributed by atoms with Gasteiger partial charge in [-0.15, -0.1) is 0 Å². The van der Waals surface area contributed by atoms with E-state index in [-0.39, 0.29) is 24.2 Å². The standard InChI is InChI=1S/C11H20N4O3S/c1-9-13-7-11(14-9)19(17,18)15(5-6-16)8-10-3-2-4-12-10/h7,10,12,16H,2-6,8H2,1H3,(H,13,14). The van der Waals surface area contributed by atoms with Crippen LogP contribution in [0.4, 0.5) is 0 Å². The van der Waals surface area contributed by atoms with Gasteiger partial charge in [0.15, 0.2) is 5.03 Å². The molecule has 0 bridgehead atoms. The van der Waals surface area contributed by atoms with Gasteiger partial charge in [-0.05, 0) is 26.3 Å². The fourth-order valence-corrected chi connectivity index (χ4v) is 3.69. The van der Waals surface area contributed by atoms with Gasteiger partial charge in [0.25, 0.3) is 10.0 Å². The number of nitrogens with one attached hydrogen (secondary N) is 2. The Kier molecular flexibility index (Phi) is 4.56. The van der Waals surface area contributed by atoms with Crippen LogP contribution in [0.2, 0.25) is 0 Å². The second kappa shape index (κ2) is 6.00. The topological polar surface area (TPSA) is 98.3 Å². The molecule has 1 atom stereocenters. The van der Waals surface area contributed by atoms with Crippen molar-refractivity contribution in [3.8, 4) is 0 Å². The molecule has 2 rings (SSSR count). The number of aryl methyl sites for hydroxylation is 1. The van der Waals surface area contributed by atoms with Gasteiger partial charge in [0.05, 0.1) is 12.8 Å². The lowest BCUT2D eigenvalue weighted by Crippen LogP contribution is -2.42. The minimum absolute atomic E-state index is 0.0800. The smallest absolute Gasteiger partial charge is 0.260 e. The number of aromatic nitrogens is 2. The Balaban J connectivity index is 2.16. The van der Waals surface area contributed by atoms with Crippen molar-refractivity contribution in [2.24, 2.45) is 0 Å². The number of aromatic amines is 1. The van der Waals surface area contributed by atoms with Gasteiger partial charge in [0.2, 0.25) is 0 Å². The first-order valence-electron chi connectivity index (χ1n) is 6.40. The number of H-pyrrole nitrogens is 1. The SMILES string of the molecule is Cc1ncc(S(=O)(=O)N(CCO)CC2CCCN2)[nH]1. The molecule has 8 heteroatoms. The van der Waals surface area contributed by atoms with Crippen LogP contribution >= 0.6 is 0 Å². The van der Waals surface area contributed by atoms with Crippen LogP contribution in [0.3, 0.4) is 0 Å².